The summed E-state index contributed by atoms with van der Waals surface area (Å²) >= 11 is 1.65. The quantitative estimate of drug-likeness (QED) is 0.469. The van der Waals surface area contributed by atoms with Gasteiger partial charge in [0.05, 0.1) is 4.92 Å². The number of rotatable bonds is 6. The lowest BCUT2D eigenvalue weighted by Crippen LogP contribution is -1.98. The van der Waals surface area contributed by atoms with Crippen LogP contribution in [0.3, 0.4) is 0 Å². The van der Waals surface area contributed by atoms with Gasteiger partial charge in [0, 0.05) is 29.3 Å². The maximum Gasteiger partial charge on any atom is 0.272 e. The van der Waals surface area contributed by atoms with Gasteiger partial charge in [-0.3, -0.25) is 10.1 Å². The lowest BCUT2D eigenvalue weighted by Gasteiger charge is -2.06. The Balaban J connectivity index is 2.93. The Bertz CT molecular complexity index is 369. The monoisotopic (exact) mass is 240 g/mol. The second kappa shape index (κ2) is 6.37. The summed E-state index contributed by atoms with van der Waals surface area (Å²) in [6.07, 6.45) is 1.06. The van der Waals surface area contributed by atoms with Crippen LogP contribution in [0.15, 0.2) is 23.1 Å². The number of nitro groups is 1. The average Bonchev–Trinajstić information content (AvgIpc) is 2.26. The van der Waals surface area contributed by atoms with Gasteiger partial charge in [0.2, 0.25) is 0 Å². The van der Waals surface area contributed by atoms with Gasteiger partial charge in [-0.15, -0.1) is 11.8 Å². The first-order chi connectivity index (χ1) is 7.67. The van der Waals surface area contributed by atoms with Crippen molar-refractivity contribution < 1.29 is 4.92 Å². The molecule has 0 atom stereocenters. The number of nitro benzene ring substituents is 1. The molecule has 0 radical (unpaired) electrons. The van der Waals surface area contributed by atoms with Gasteiger partial charge in [0.25, 0.3) is 5.69 Å². The number of nitrogens with one attached hydrogen (secondary N) is 1. The normalized spacial score (nSPS) is 10.1. The minimum atomic E-state index is -0.350. The van der Waals surface area contributed by atoms with Crippen molar-refractivity contribution in [3.05, 3.63) is 28.3 Å². The van der Waals surface area contributed by atoms with Crippen LogP contribution in [0, 0.1) is 10.1 Å². The van der Waals surface area contributed by atoms with Crippen LogP contribution in [-0.4, -0.2) is 17.2 Å². The van der Waals surface area contributed by atoms with Crippen molar-refractivity contribution in [1.29, 1.82) is 0 Å². The predicted octanol–water partition coefficient (Wildman–Crippen LogP) is 3.53. The van der Waals surface area contributed by atoms with Gasteiger partial charge < -0.3 is 5.32 Å². The van der Waals surface area contributed by atoms with E-state index in [0.717, 1.165) is 29.3 Å². The standard InChI is InChI=1S/C11H16N2O2S/c1-3-5-16-11-7-9(12-4-2)6-10(8-11)13(14)15/h6-8,12H,3-5H2,1-2H3. The number of non-ortho nitro benzene ring substituents is 1. The Kier molecular flexibility index (Phi) is 5.11. The molecule has 0 saturated heterocycles. The van der Waals surface area contributed by atoms with E-state index in [4.69, 9.17) is 0 Å². The fourth-order valence-electron chi connectivity index (χ4n) is 1.30. The van der Waals surface area contributed by atoms with E-state index in [0.29, 0.717) is 0 Å². The number of anilines is 1. The Morgan fingerprint density at radius 3 is 2.69 bits per heavy atom. The van der Waals surface area contributed by atoms with Crippen LogP contribution in [0.1, 0.15) is 20.3 Å². The van der Waals surface area contributed by atoms with Crippen molar-refractivity contribution in [2.24, 2.45) is 0 Å². The number of thioether (sulfide) groups is 1. The molecule has 0 bridgehead atoms. The summed E-state index contributed by atoms with van der Waals surface area (Å²) < 4.78 is 0. The lowest BCUT2D eigenvalue weighted by atomic mass is 10.3. The van der Waals surface area contributed by atoms with Crippen LogP contribution in [0.25, 0.3) is 0 Å². The Morgan fingerprint density at radius 2 is 2.12 bits per heavy atom. The van der Waals surface area contributed by atoms with Gasteiger partial charge >= 0.3 is 0 Å². The summed E-state index contributed by atoms with van der Waals surface area (Å²) in [5, 5.41) is 13.9. The molecule has 1 rings (SSSR count). The van der Waals surface area contributed by atoms with Crippen molar-refractivity contribution in [3.8, 4) is 0 Å². The number of hydrogen-bond donors (Lipinski definition) is 1. The van der Waals surface area contributed by atoms with Crippen LogP contribution in [0.5, 0.6) is 0 Å². The fourth-order valence-corrected chi connectivity index (χ4v) is 2.15. The number of hydrogen-bond acceptors (Lipinski definition) is 4. The zero-order valence-corrected chi connectivity index (χ0v) is 10.3. The molecule has 0 heterocycles. The lowest BCUT2D eigenvalue weighted by molar-refractivity contribution is -0.385. The maximum absolute atomic E-state index is 10.8. The summed E-state index contributed by atoms with van der Waals surface area (Å²) in [6, 6.07) is 5.15. The smallest absolute Gasteiger partial charge is 0.272 e. The molecule has 0 fully saturated rings. The summed E-state index contributed by atoms with van der Waals surface area (Å²) in [5.41, 5.74) is 0.965. The summed E-state index contributed by atoms with van der Waals surface area (Å²) in [7, 11) is 0. The molecule has 88 valence electrons. The second-order valence-corrected chi connectivity index (χ2v) is 4.52. The minimum absolute atomic E-state index is 0.150. The third kappa shape index (κ3) is 3.73. The second-order valence-electron chi connectivity index (χ2n) is 3.35. The summed E-state index contributed by atoms with van der Waals surface area (Å²) in [6.45, 7) is 4.83. The topological polar surface area (TPSA) is 55.2 Å². The first-order valence-electron chi connectivity index (χ1n) is 5.33. The van der Waals surface area contributed by atoms with Crippen molar-refractivity contribution in [1.82, 2.24) is 0 Å². The van der Waals surface area contributed by atoms with E-state index < -0.39 is 0 Å². The predicted molar refractivity (Wildman–Crippen MR) is 68.3 cm³/mol. The molecule has 16 heavy (non-hydrogen) atoms. The molecule has 0 amide bonds. The van der Waals surface area contributed by atoms with Crippen molar-refractivity contribution in [2.75, 3.05) is 17.6 Å². The van der Waals surface area contributed by atoms with Gasteiger partial charge in [-0.1, -0.05) is 6.92 Å². The summed E-state index contributed by atoms with van der Waals surface area (Å²) in [5.74, 6) is 0.979. The van der Waals surface area contributed by atoms with E-state index in [1.807, 2.05) is 13.0 Å². The SMILES string of the molecule is CCCSc1cc(NCC)cc([N+](=O)[O-])c1. The van der Waals surface area contributed by atoms with E-state index in [1.54, 1.807) is 23.9 Å². The van der Waals surface area contributed by atoms with Gasteiger partial charge in [-0.25, -0.2) is 0 Å². The van der Waals surface area contributed by atoms with E-state index in [2.05, 4.69) is 12.2 Å². The highest BCUT2D eigenvalue weighted by Gasteiger charge is 2.09. The highest BCUT2D eigenvalue weighted by Crippen LogP contribution is 2.28. The van der Waals surface area contributed by atoms with E-state index in [9.17, 15) is 10.1 Å². The van der Waals surface area contributed by atoms with Crippen molar-refractivity contribution >= 4 is 23.1 Å². The molecule has 1 aromatic rings. The molecule has 0 aliphatic carbocycles. The Hall–Kier alpha value is -1.23. The van der Waals surface area contributed by atoms with E-state index in [-0.39, 0.29) is 10.6 Å². The Morgan fingerprint density at radius 1 is 1.38 bits per heavy atom. The number of nitrogens with zero attached hydrogens (tertiary/aromatic N) is 1. The third-order valence-electron chi connectivity index (χ3n) is 1.96. The van der Waals surface area contributed by atoms with Crippen LogP contribution in [0.4, 0.5) is 11.4 Å². The molecule has 0 aliphatic heterocycles. The minimum Gasteiger partial charge on any atom is -0.385 e. The van der Waals surface area contributed by atoms with Crippen LogP contribution >= 0.6 is 11.8 Å². The third-order valence-corrected chi connectivity index (χ3v) is 3.14. The molecule has 1 N–H and O–H groups in total. The molecule has 0 spiro atoms. The molecule has 0 saturated carbocycles. The highest BCUT2D eigenvalue weighted by molar-refractivity contribution is 7.99. The molecular formula is C11H16N2O2S. The van der Waals surface area contributed by atoms with E-state index in [1.165, 1.54) is 0 Å². The highest BCUT2D eigenvalue weighted by atomic mass is 32.2. The van der Waals surface area contributed by atoms with Crippen molar-refractivity contribution in [2.45, 2.75) is 25.2 Å². The zero-order valence-electron chi connectivity index (χ0n) is 9.53. The average molecular weight is 240 g/mol. The molecular weight excluding hydrogens is 224 g/mol. The van der Waals surface area contributed by atoms with Gasteiger partial charge in [0.1, 0.15) is 0 Å². The molecule has 4 nitrogen and oxygen atoms in total. The maximum atomic E-state index is 10.8. The number of benzene rings is 1. The molecule has 1 aromatic carbocycles. The van der Waals surface area contributed by atoms with Crippen LogP contribution in [0.2, 0.25) is 0 Å². The van der Waals surface area contributed by atoms with Gasteiger partial charge in [-0.2, -0.15) is 0 Å². The Labute approximate surface area is 99.6 Å². The fraction of sp³-hybridized carbons (Fsp3) is 0.455. The first kappa shape index (κ1) is 12.8. The summed E-state index contributed by atoms with van der Waals surface area (Å²) in [4.78, 5) is 11.4. The zero-order chi connectivity index (χ0) is 12.0. The molecule has 0 aromatic heterocycles. The van der Waals surface area contributed by atoms with Crippen LogP contribution in [-0.2, 0) is 0 Å². The molecule has 5 heteroatoms. The van der Waals surface area contributed by atoms with Gasteiger partial charge in [-0.05, 0) is 25.2 Å². The molecule has 0 unspecified atom stereocenters. The first-order valence-corrected chi connectivity index (χ1v) is 6.32. The van der Waals surface area contributed by atoms with Crippen molar-refractivity contribution in [3.63, 3.8) is 0 Å². The van der Waals surface area contributed by atoms with Gasteiger partial charge in [0.15, 0.2) is 0 Å². The molecule has 0 aliphatic rings. The van der Waals surface area contributed by atoms with Crippen LogP contribution < -0.4 is 5.32 Å². The largest absolute Gasteiger partial charge is 0.385 e. The van der Waals surface area contributed by atoms with E-state index >= 15 is 0 Å².